The second-order valence-electron chi connectivity index (χ2n) is 7.02. The molecule has 0 bridgehead atoms. The third-order valence-electron chi connectivity index (χ3n) is 4.56. The fourth-order valence-electron chi connectivity index (χ4n) is 3.04. The maximum absolute atomic E-state index is 12.1. The standard InChI is InChI=1S/C20H27N5O2/c1-15(2)12-21-19(26)16-13-22-20(23-14-16)25-10-8-24(9-11-25)17-6-4-5-7-18(17)27-3/h4-7,13-15H,8-12H2,1-3H3,(H,21,26). The van der Waals surface area contributed by atoms with Gasteiger partial charge in [-0.25, -0.2) is 9.97 Å². The number of methoxy groups -OCH3 is 1. The number of para-hydroxylation sites is 2. The van der Waals surface area contributed by atoms with E-state index in [0.717, 1.165) is 37.6 Å². The third kappa shape index (κ3) is 4.67. The fourth-order valence-corrected chi connectivity index (χ4v) is 3.04. The maximum atomic E-state index is 12.1. The molecule has 0 aliphatic carbocycles. The summed E-state index contributed by atoms with van der Waals surface area (Å²) in [6.45, 7) is 8.12. The van der Waals surface area contributed by atoms with Crippen LogP contribution < -0.4 is 19.9 Å². The topological polar surface area (TPSA) is 70.6 Å². The molecule has 0 saturated carbocycles. The van der Waals surface area contributed by atoms with Crippen molar-refractivity contribution >= 4 is 17.5 Å². The lowest BCUT2D eigenvalue weighted by Crippen LogP contribution is -2.47. The van der Waals surface area contributed by atoms with Crippen LogP contribution in [0.4, 0.5) is 11.6 Å². The molecule has 1 aliphatic rings. The summed E-state index contributed by atoms with van der Waals surface area (Å²) < 4.78 is 5.46. The van der Waals surface area contributed by atoms with Gasteiger partial charge in [0.15, 0.2) is 0 Å². The molecule has 0 spiro atoms. The second kappa shape index (κ2) is 8.70. The summed E-state index contributed by atoms with van der Waals surface area (Å²) >= 11 is 0. The Kier molecular flexibility index (Phi) is 6.11. The highest BCUT2D eigenvalue weighted by atomic mass is 16.5. The number of carbonyl (C=O) groups excluding carboxylic acids is 1. The van der Waals surface area contributed by atoms with Gasteiger partial charge in [-0.15, -0.1) is 0 Å². The number of amides is 1. The number of anilines is 2. The highest BCUT2D eigenvalue weighted by Gasteiger charge is 2.21. The zero-order valence-electron chi connectivity index (χ0n) is 16.2. The summed E-state index contributed by atoms with van der Waals surface area (Å²) in [5, 5.41) is 2.88. The van der Waals surface area contributed by atoms with E-state index in [4.69, 9.17) is 4.74 Å². The van der Waals surface area contributed by atoms with Crippen molar-refractivity contribution in [1.82, 2.24) is 15.3 Å². The Morgan fingerprint density at radius 2 is 1.74 bits per heavy atom. The van der Waals surface area contributed by atoms with Crippen LogP contribution in [0.5, 0.6) is 5.75 Å². The lowest BCUT2D eigenvalue weighted by Gasteiger charge is -2.36. The first-order chi connectivity index (χ1) is 13.1. The van der Waals surface area contributed by atoms with E-state index in [2.05, 4.69) is 45.0 Å². The van der Waals surface area contributed by atoms with Crippen molar-refractivity contribution in [3.05, 3.63) is 42.2 Å². The van der Waals surface area contributed by atoms with Gasteiger partial charge in [0, 0.05) is 45.1 Å². The van der Waals surface area contributed by atoms with Gasteiger partial charge in [0.05, 0.1) is 18.4 Å². The van der Waals surface area contributed by atoms with E-state index >= 15 is 0 Å². The average Bonchev–Trinajstić information content (AvgIpc) is 2.72. The summed E-state index contributed by atoms with van der Waals surface area (Å²) in [7, 11) is 1.70. The molecule has 0 radical (unpaired) electrons. The minimum atomic E-state index is -0.128. The van der Waals surface area contributed by atoms with Gasteiger partial charge in [0.1, 0.15) is 5.75 Å². The van der Waals surface area contributed by atoms with Gasteiger partial charge in [-0.2, -0.15) is 0 Å². The van der Waals surface area contributed by atoms with E-state index in [1.165, 1.54) is 0 Å². The number of aromatic nitrogens is 2. The molecule has 1 aliphatic heterocycles. The lowest BCUT2D eigenvalue weighted by atomic mass is 10.2. The smallest absolute Gasteiger partial charge is 0.254 e. The van der Waals surface area contributed by atoms with Crippen molar-refractivity contribution in [2.75, 3.05) is 49.6 Å². The maximum Gasteiger partial charge on any atom is 0.254 e. The number of hydrogen-bond acceptors (Lipinski definition) is 6. The Hall–Kier alpha value is -2.83. The molecule has 1 N–H and O–H groups in total. The van der Waals surface area contributed by atoms with Gasteiger partial charge in [0.2, 0.25) is 5.95 Å². The van der Waals surface area contributed by atoms with Gasteiger partial charge in [-0.1, -0.05) is 26.0 Å². The first kappa shape index (κ1) is 18.9. The molecule has 1 aromatic heterocycles. The molecule has 3 rings (SSSR count). The van der Waals surface area contributed by atoms with Crippen LogP contribution in [0.1, 0.15) is 24.2 Å². The van der Waals surface area contributed by atoms with Crippen LogP contribution >= 0.6 is 0 Å². The number of rotatable bonds is 6. The molecule has 7 nitrogen and oxygen atoms in total. The largest absolute Gasteiger partial charge is 0.495 e. The normalized spacial score (nSPS) is 14.4. The Morgan fingerprint density at radius 1 is 1.11 bits per heavy atom. The van der Waals surface area contributed by atoms with Crippen molar-refractivity contribution in [3.63, 3.8) is 0 Å². The highest BCUT2D eigenvalue weighted by Crippen LogP contribution is 2.28. The number of hydrogen-bond donors (Lipinski definition) is 1. The average molecular weight is 369 g/mol. The molecule has 27 heavy (non-hydrogen) atoms. The third-order valence-corrected chi connectivity index (χ3v) is 4.56. The van der Waals surface area contributed by atoms with Crippen LogP contribution in [0, 0.1) is 5.92 Å². The number of piperazine rings is 1. The molecule has 1 amide bonds. The van der Waals surface area contributed by atoms with Crippen LogP contribution in [0.25, 0.3) is 0 Å². The Morgan fingerprint density at radius 3 is 2.37 bits per heavy atom. The van der Waals surface area contributed by atoms with E-state index in [0.29, 0.717) is 24.0 Å². The summed E-state index contributed by atoms with van der Waals surface area (Å²) in [5.41, 5.74) is 1.60. The Labute approximate surface area is 160 Å². The molecule has 1 saturated heterocycles. The minimum absolute atomic E-state index is 0.128. The number of nitrogens with zero attached hydrogens (tertiary/aromatic N) is 4. The number of ether oxygens (including phenoxy) is 1. The Balaban J connectivity index is 1.59. The van der Waals surface area contributed by atoms with E-state index in [-0.39, 0.29) is 5.91 Å². The zero-order chi connectivity index (χ0) is 19.2. The van der Waals surface area contributed by atoms with E-state index < -0.39 is 0 Å². The summed E-state index contributed by atoms with van der Waals surface area (Å²) in [6.07, 6.45) is 3.20. The molecule has 2 heterocycles. The van der Waals surface area contributed by atoms with Crippen molar-refractivity contribution in [3.8, 4) is 5.75 Å². The molecule has 1 fully saturated rings. The van der Waals surface area contributed by atoms with Crippen molar-refractivity contribution in [2.45, 2.75) is 13.8 Å². The summed E-state index contributed by atoms with van der Waals surface area (Å²) in [6, 6.07) is 8.06. The van der Waals surface area contributed by atoms with Crippen molar-refractivity contribution in [2.24, 2.45) is 5.92 Å². The molecule has 0 atom stereocenters. The molecule has 144 valence electrons. The van der Waals surface area contributed by atoms with Gasteiger partial charge in [0.25, 0.3) is 5.91 Å². The van der Waals surface area contributed by atoms with E-state index in [1.807, 2.05) is 18.2 Å². The molecule has 2 aromatic rings. The van der Waals surface area contributed by atoms with Crippen LogP contribution in [0.3, 0.4) is 0 Å². The van der Waals surface area contributed by atoms with Crippen molar-refractivity contribution < 1.29 is 9.53 Å². The number of benzene rings is 1. The quantitative estimate of drug-likeness (QED) is 0.842. The zero-order valence-corrected chi connectivity index (χ0v) is 16.2. The van der Waals surface area contributed by atoms with E-state index in [9.17, 15) is 4.79 Å². The monoisotopic (exact) mass is 369 g/mol. The van der Waals surface area contributed by atoms with Gasteiger partial charge in [-0.3, -0.25) is 4.79 Å². The minimum Gasteiger partial charge on any atom is -0.495 e. The number of nitrogens with one attached hydrogen (secondary N) is 1. The molecular formula is C20H27N5O2. The summed E-state index contributed by atoms with van der Waals surface area (Å²) in [4.78, 5) is 25.3. The van der Waals surface area contributed by atoms with Crippen LogP contribution in [0.15, 0.2) is 36.7 Å². The van der Waals surface area contributed by atoms with Gasteiger partial charge < -0.3 is 19.9 Å². The predicted octanol–water partition coefficient (Wildman–Crippen LogP) is 2.20. The molecule has 7 heteroatoms. The predicted molar refractivity (Wildman–Crippen MR) is 107 cm³/mol. The van der Waals surface area contributed by atoms with Crippen LogP contribution in [-0.2, 0) is 0 Å². The molecular weight excluding hydrogens is 342 g/mol. The first-order valence-electron chi connectivity index (χ1n) is 9.31. The van der Waals surface area contributed by atoms with Crippen molar-refractivity contribution in [1.29, 1.82) is 0 Å². The van der Waals surface area contributed by atoms with Crippen LogP contribution in [0.2, 0.25) is 0 Å². The molecule has 0 unspecified atom stereocenters. The van der Waals surface area contributed by atoms with E-state index in [1.54, 1.807) is 19.5 Å². The second-order valence-corrected chi connectivity index (χ2v) is 7.02. The fraction of sp³-hybridized carbons (Fsp3) is 0.450. The van der Waals surface area contributed by atoms with Gasteiger partial charge in [-0.05, 0) is 18.1 Å². The lowest BCUT2D eigenvalue weighted by molar-refractivity contribution is 0.0948. The highest BCUT2D eigenvalue weighted by molar-refractivity contribution is 5.93. The van der Waals surface area contributed by atoms with Crippen LogP contribution in [-0.4, -0.2) is 55.7 Å². The Bertz CT molecular complexity index is 755. The molecule has 1 aromatic carbocycles. The SMILES string of the molecule is COc1ccccc1N1CCN(c2ncc(C(=O)NCC(C)C)cn2)CC1. The summed E-state index contributed by atoms with van der Waals surface area (Å²) in [5.74, 6) is 1.83. The first-order valence-corrected chi connectivity index (χ1v) is 9.31. The number of carbonyl (C=O) groups is 1. The van der Waals surface area contributed by atoms with Gasteiger partial charge >= 0.3 is 0 Å².